The van der Waals surface area contributed by atoms with Crippen molar-refractivity contribution >= 4 is 5.91 Å². The van der Waals surface area contributed by atoms with Gasteiger partial charge in [0.25, 0.3) is 0 Å². The zero-order valence-corrected chi connectivity index (χ0v) is 13.7. The maximum atomic E-state index is 12.3. The number of nitrogens with one attached hydrogen (secondary N) is 2. The Kier molecular flexibility index (Phi) is 6.06. The average Bonchev–Trinajstić information content (AvgIpc) is 2.53. The summed E-state index contributed by atoms with van der Waals surface area (Å²) in [5.41, 5.74) is -0.680. The van der Waals surface area contributed by atoms with Crippen LogP contribution in [0.15, 0.2) is 0 Å². The number of carbonyl (C=O) groups is 1. The standard InChI is InChI=1S/C17H32N2O2/c1-3-13-5-8-17(21,9-6-13)12-19-16(20)15-11-14(4-2)7-10-18-15/h13-15,18,21H,3-12H2,1-2H3,(H,19,20). The van der Waals surface area contributed by atoms with Crippen LogP contribution in [0.3, 0.4) is 0 Å². The molecule has 0 aromatic rings. The first-order valence-corrected chi connectivity index (χ1v) is 8.79. The molecule has 2 fully saturated rings. The summed E-state index contributed by atoms with van der Waals surface area (Å²) in [6, 6.07) is -0.0701. The molecule has 2 rings (SSSR count). The normalized spacial score (nSPS) is 37.2. The third kappa shape index (κ3) is 4.68. The van der Waals surface area contributed by atoms with Crippen molar-refractivity contribution in [2.45, 2.75) is 76.9 Å². The van der Waals surface area contributed by atoms with Crippen LogP contribution >= 0.6 is 0 Å². The number of amides is 1. The molecule has 1 saturated heterocycles. The molecule has 3 N–H and O–H groups in total. The highest BCUT2D eigenvalue weighted by atomic mass is 16.3. The van der Waals surface area contributed by atoms with Gasteiger partial charge >= 0.3 is 0 Å². The fraction of sp³-hybridized carbons (Fsp3) is 0.941. The molecular formula is C17H32N2O2. The molecule has 1 amide bonds. The van der Waals surface area contributed by atoms with Gasteiger partial charge < -0.3 is 15.7 Å². The van der Waals surface area contributed by atoms with Crippen molar-refractivity contribution in [3.05, 3.63) is 0 Å². The lowest BCUT2D eigenvalue weighted by molar-refractivity contribution is -0.125. The van der Waals surface area contributed by atoms with Crippen LogP contribution in [0.25, 0.3) is 0 Å². The van der Waals surface area contributed by atoms with Gasteiger partial charge in [-0.25, -0.2) is 0 Å². The zero-order valence-electron chi connectivity index (χ0n) is 13.7. The van der Waals surface area contributed by atoms with E-state index < -0.39 is 5.60 Å². The SMILES string of the molecule is CCC1CCC(O)(CNC(=O)C2CC(CC)CCN2)CC1. The molecule has 2 aliphatic rings. The van der Waals surface area contributed by atoms with E-state index in [9.17, 15) is 9.90 Å². The van der Waals surface area contributed by atoms with Gasteiger partial charge in [-0.2, -0.15) is 0 Å². The molecule has 0 aromatic carbocycles. The molecule has 2 atom stereocenters. The number of carbonyl (C=O) groups excluding carboxylic acids is 1. The first-order valence-electron chi connectivity index (χ1n) is 8.79. The Morgan fingerprint density at radius 1 is 1.19 bits per heavy atom. The molecule has 1 aliphatic carbocycles. The largest absolute Gasteiger partial charge is 0.388 e. The average molecular weight is 296 g/mol. The monoisotopic (exact) mass is 296 g/mol. The predicted octanol–water partition coefficient (Wildman–Crippen LogP) is 2.21. The molecule has 21 heavy (non-hydrogen) atoms. The topological polar surface area (TPSA) is 61.4 Å². The van der Waals surface area contributed by atoms with Crippen LogP contribution in [0.2, 0.25) is 0 Å². The predicted molar refractivity (Wildman–Crippen MR) is 85.0 cm³/mol. The van der Waals surface area contributed by atoms with Crippen molar-refractivity contribution in [3.8, 4) is 0 Å². The quantitative estimate of drug-likeness (QED) is 0.729. The number of hydrogen-bond donors (Lipinski definition) is 3. The van der Waals surface area contributed by atoms with Crippen molar-refractivity contribution in [1.29, 1.82) is 0 Å². The lowest BCUT2D eigenvalue weighted by atomic mass is 9.78. The highest BCUT2D eigenvalue weighted by Gasteiger charge is 2.34. The molecule has 1 saturated carbocycles. The molecule has 0 radical (unpaired) electrons. The molecule has 0 bridgehead atoms. The van der Waals surface area contributed by atoms with Gasteiger partial charge in [0.05, 0.1) is 11.6 Å². The number of rotatable bonds is 5. The summed E-state index contributed by atoms with van der Waals surface area (Å²) in [4.78, 5) is 12.3. The van der Waals surface area contributed by atoms with E-state index in [0.717, 1.165) is 51.0 Å². The molecule has 0 spiro atoms. The van der Waals surface area contributed by atoms with Crippen LogP contribution < -0.4 is 10.6 Å². The Morgan fingerprint density at radius 3 is 2.48 bits per heavy atom. The molecule has 1 aliphatic heterocycles. The Balaban J connectivity index is 1.75. The van der Waals surface area contributed by atoms with Crippen LogP contribution in [0.1, 0.15) is 65.2 Å². The van der Waals surface area contributed by atoms with Gasteiger partial charge in [-0.05, 0) is 56.9 Å². The van der Waals surface area contributed by atoms with Gasteiger partial charge in [-0.3, -0.25) is 4.79 Å². The van der Waals surface area contributed by atoms with E-state index in [1.807, 2.05) is 0 Å². The molecular weight excluding hydrogens is 264 g/mol. The molecule has 4 nitrogen and oxygen atoms in total. The lowest BCUT2D eigenvalue weighted by Gasteiger charge is -2.36. The third-order valence-electron chi connectivity index (χ3n) is 5.61. The second-order valence-corrected chi connectivity index (χ2v) is 7.10. The first-order chi connectivity index (χ1) is 10.1. The van der Waals surface area contributed by atoms with Crippen LogP contribution in [-0.2, 0) is 4.79 Å². The molecule has 2 unspecified atom stereocenters. The van der Waals surface area contributed by atoms with Gasteiger partial charge in [0.2, 0.25) is 5.91 Å². The van der Waals surface area contributed by atoms with Crippen molar-refractivity contribution < 1.29 is 9.90 Å². The van der Waals surface area contributed by atoms with Crippen LogP contribution in [-0.4, -0.2) is 35.7 Å². The van der Waals surface area contributed by atoms with E-state index in [1.54, 1.807) is 0 Å². The van der Waals surface area contributed by atoms with Crippen LogP contribution in [0.4, 0.5) is 0 Å². The summed E-state index contributed by atoms with van der Waals surface area (Å²) in [6.07, 6.45) is 8.26. The van der Waals surface area contributed by atoms with Crippen molar-refractivity contribution in [2.75, 3.05) is 13.1 Å². The van der Waals surface area contributed by atoms with E-state index in [0.29, 0.717) is 12.5 Å². The Hall–Kier alpha value is -0.610. The minimum Gasteiger partial charge on any atom is -0.388 e. The maximum absolute atomic E-state index is 12.3. The number of hydrogen-bond acceptors (Lipinski definition) is 3. The van der Waals surface area contributed by atoms with Gasteiger partial charge in [-0.15, -0.1) is 0 Å². The molecule has 1 heterocycles. The van der Waals surface area contributed by atoms with Gasteiger partial charge in [0.15, 0.2) is 0 Å². The summed E-state index contributed by atoms with van der Waals surface area (Å²) in [6.45, 7) is 5.76. The third-order valence-corrected chi connectivity index (χ3v) is 5.61. The zero-order chi connectivity index (χ0) is 15.3. The van der Waals surface area contributed by atoms with Crippen molar-refractivity contribution in [2.24, 2.45) is 11.8 Å². The Bertz CT molecular complexity index is 338. The fourth-order valence-corrected chi connectivity index (χ4v) is 3.74. The van der Waals surface area contributed by atoms with E-state index >= 15 is 0 Å². The van der Waals surface area contributed by atoms with E-state index in [1.165, 1.54) is 12.8 Å². The minimum atomic E-state index is -0.680. The van der Waals surface area contributed by atoms with Gasteiger partial charge in [-0.1, -0.05) is 26.7 Å². The summed E-state index contributed by atoms with van der Waals surface area (Å²) in [5.74, 6) is 1.48. The van der Waals surface area contributed by atoms with E-state index in [4.69, 9.17) is 0 Å². The summed E-state index contributed by atoms with van der Waals surface area (Å²) < 4.78 is 0. The molecule has 122 valence electrons. The van der Waals surface area contributed by atoms with Crippen LogP contribution in [0, 0.1) is 11.8 Å². The number of piperidine rings is 1. The minimum absolute atomic E-state index is 0.0687. The number of aliphatic hydroxyl groups is 1. The summed E-state index contributed by atoms with van der Waals surface area (Å²) in [5, 5.41) is 16.9. The summed E-state index contributed by atoms with van der Waals surface area (Å²) in [7, 11) is 0. The summed E-state index contributed by atoms with van der Waals surface area (Å²) >= 11 is 0. The van der Waals surface area contributed by atoms with Gasteiger partial charge in [0.1, 0.15) is 0 Å². The highest BCUT2D eigenvalue weighted by molar-refractivity contribution is 5.81. The van der Waals surface area contributed by atoms with E-state index in [-0.39, 0.29) is 11.9 Å². The lowest BCUT2D eigenvalue weighted by Crippen LogP contribution is -2.53. The van der Waals surface area contributed by atoms with Gasteiger partial charge in [0, 0.05) is 6.54 Å². The second-order valence-electron chi connectivity index (χ2n) is 7.10. The Labute approximate surface area is 129 Å². The smallest absolute Gasteiger partial charge is 0.237 e. The van der Waals surface area contributed by atoms with E-state index in [2.05, 4.69) is 24.5 Å². The highest BCUT2D eigenvalue weighted by Crippen LogP contribution is 2.33. The fourth-order valence-electron chi connectivity index (χ4n) is 3.74. The van der Waals surface area contributed by atoms with Crippen molar-refractivity contribution in [1.82, 2.24) is 10.6 Å². The Morgan fingerprint density at radius 2 is 1.86 bits per heavy atom. The van der Waals surface area contributed by atoms with Crippen molar-refractivity contribution in [3.63, 3.8) is 0 Å². The molecule has 4 heteroatoms. The first kappa shape index (κ1) is 16.8. The molecule has 0 aromatic heterocycles. The van der Waals surface area contributed by atoms with Crippen LogP contribution in [0.5, 0.6) is 0 Å². The second kappa shape index (κ2) is 7.59. The maximum Gasteiger partial charge on any atom is 0.237 e.